The normalized spacial score (nSPS) is 16.0. The summed E-state index contributed by atoms with van der Waals surface area (Å²) in [5.74, 6) is 0.212. The van der Waals surface area contributed by atoms with Gasteiger partial charge in [-0.2, -0.15) is 0 Å². The minimum atomic E-state index is -0.137. The van der Waals surface area contributed by atoms with Gasteiger partial charge >= 0.3 is 0 Å². The molecule has 174 valence electrons. The van der Waals surface area contributed by atoms with Crippen molar-refractivity contribution in [3.8, 4) is 11.5 Å². The van der Waals surface area contributed by atoms with E-state index in [0.29, 0.717) is 20.3 Å². The Hall–Kier alpha value is -3.03. The van der Waals surface area contributed by atoms with Crippen molar-refractivity contribution in [2.24, 2.45) is 4.99 Å². The van der Waals surface area contributed by atoms with Gasteiger partial charge in [-0.3, -0.25) is 9.69 Å². The van der Waals surface area contributed by atoms with Crippen LogP contribution in [-0.2, 0) is 17.6 Å². The number of carbonyl (C=O) groups is 1. The number of aromatic hydroxyl groups is 1. The molecule has 1 heterocycles. The largest absolute Gasteiger partial charge is 0.503 e. The van der Waals surface area contributed by atoms with Crippen LogP contribution in [-0.4, -0.2) is 23.3 Å². The van der Waals surface area contributed by atoms with Gasteiger partial charge in [0.2, 0.25) is 0 Å². The standard InChI is InChI=1S/C27H25BrN2O3S/c1-4-18-10-6-8-12-21(18)29-27-30(22-13-9-7-11-19(22)5-2)26(32)24(34-27)16-17-14-20(28)25(31)23(15-17)33-3/h6-16,31H,4-5H2,1-3H3/b24-16+,29-27?. The number of hydrogen-bond donors (Lipinski definition) is 1. The summed E-state index contributed by atoms with van der Waals surface area (Å²) < 4.78 is 5.76. The highest BCUT2D eigenvalue weighted by atomic mass is 79.9. The first-order chi connectivity index (χ1) is 16.5. The topological polar surface area (TPSA) is 62.1 Å². The smallest absolute Gasteiger partial charge is 0.271 e. The Morgan fingerprint density at radius 1 is 1.06 bits per heavy atom. The predicted molar refractivity (Wildman–Crippen MR) is 144 cm³/mol. The molecular formula is C27H25BrN2O3S. The summed E-state index contributed by atoms with van der Waals surface area (Å²) in [6.45, 7) is 4.17. The lowest BCUT2D eigenvalue weighted by Crippen LogP contribution is -2.29. The number of halogens is 1. The third-order valence-electron chi connectivity index (χ3n) is 5.58. The Labute approximate surface area is 212 Å². The average Bonchev–Trinajstić information content (AvgIpc) is 3.15. The van der Waals surface area contributed by atoms with Crippen LogP contribution in [0.25, 0.3) is 6.08 Å². The number of anilines is 1. The van der Waals surface area contributed by atoms with E-state index < -0.39 is 0 Å². The van der Waals surface area contributed by atoms with E-state index in [1.165, 1.54) is 18.9 Å². The summed E-state index contributed by atoms with van der Waals surface area (Å²) in [5.41, 5.74) is 4.62. The molecule has 0 unspecified atom stereocenters. The number of hydrogen-bond acceptors (Lipinski definition) is 5. The monoisotopic (exact) mass is 536 g/mol. The van der Waals surface area contributed by atoms with Crippen molar-refractivity contribution in [2.75, 3.05) is 12.0 Å². The van der Waals surface area contributed by atoms with Gasteiger partial charge in [-0.1, -0.05) is 50.2 Å². The number of aliphatic imine (C=N–C) groups is 1. The van der Waals surface area contributed by atoms with E-state index in [-0.39, 0.29) is 11.7 Å². The Kier molecular flexibility index (Phi) is 7.44. The molecule has 0 aromatic heterocycles. The number of para-hydroxylation sites is 2. The van der Waals surface area contributed by atoms with Gasteiger partial charge in [0.15, 0.2) is 16.7 Å². The fourth-order valence-corrected chi connectivity index (χ4v) is 5.24. The van der Waals surface area contributed by atoms with Gasteiger partial charge in [0.05, 0.1) is 27.9 Å². The van der Waals surface area contributed by atoms with Crippen LogP contribution in [0, 0.1) is 0 Å². The van der Waals surface area contributed by atoms with Crippen molar-refractivity contribution >= 4 is 56.2 Å². The van der Waals surface area contributed by atoms with E-state index in [4.69, 9.17) is 9.73 Å². The molecule has 0 bridgehead atoms. The van der Waals surface area contributed by atoms with Crippen LogP contribution in [0.3, 0.4) is 0 Å². The van der Waals surface area contributed by atoms with Crippen molar-refractivity contribution in [1.82, 2.24) is 0 Å². The highest BCUT2D eigenvalue weighted by molar-refractivity contribution is 9.10. The second-order valence-electron chi connectivity index (χ2n) is 7.66. The predicted octanol–water partition coefficient (Wildman–Crippen LogP) is 7.10. The fourth-order valence-electron chi connectivity index (χ4n) is 3.80. The van der Waals surface area contributed by atoms with Crippen LogP contribution in [0.5, 0.6) is 11.5 Å². The molecule has 0 saturated carbocycles. The SMILES string of the molecule is CCc1ccccc1N=C1S/C(=C/c2cc(Br)c(O)c(OC)c2)C(=O)N1c1ccccc1CC. The van der Waals surface area contributed by atoms with Crippen LogP contribution in [0.4, 0.5) is 11.4 Å². The minimum absolute atomic E-state index is 0.0203. The van der Waals surface area contributed by atoms with E-state index in [9.17, 15) is 9.90 Å². The summed E-state index contributed by atoms with van der Waals surface area (Å²) in [7, 11) is 1.49. The average molecular weight is 537 g/mol. The maximum Gasteiger partial charge on any atom is 0.271 e. The lowest BCUT2D eigenvalue weighted by atomic mass is 10.1. The maximum absolute atomic E-state index is 13.7. The van der Waals surface area contributed by atoms with Gasteiger partial charge in [-0.05, 0) is 87.6 Å². The number of thioether (sulfide) groups is 1. The molecule has 1 aliphatic heterocycles. The molecule has 7 heteroatoms. The summed E-state index contributed by atoms with van der Waals surface area (Å²) in [6.07, 6.45) is 3.45. The molecule has 3 aromatic carbocycles. The first-order valence-corrected chi connectivity index (χ1v) is 12.6. The van der Waals surface area contributed by atoms with E-state index in [1.807, 2.05) is 42.5 Å². The summed E-state index contributed by atoms with van der Waals surface area (Å²) in [5, 5.41) is 10.8. The zero-order valence-corrected chi connectivity index (χ0v) is 21.6. The Morgan fingerprint density at radius 3 is 2.44 bits per heavy atom. The van der Waals surface area contributed by atoms with Crippen LogP contribution < -0.4 is 9.64 Å². The van der Waals surface area contributed by atoms with Crippen LogP contribution >= 0.6 is 27.7 Å². The van der Waals surface area contributed by atoms with Crippen molar-refractivity contribution in [1.29, 1.82) is 0 Å². The van der Waals surface area contributed by atoms with Crippen LogP contribution in [0.15, 0.2) is 75.0 Å². The molecule has 1 amide bonds. The Bertz CT molecular complexity index is 1300. The van der Waals surface area contributed by atoms with Crippen molar-refractivity contribution in [3.63, 3.8) is 0 Å². The van der Waals surface area contributed by atoms with E-state index in [1.54, 1.807) is 23.1 Å². The van der Waals surface area contributed by atoms with Gasteiger partial charge in [-0.25, -0.2) is 4.99 Å². The molecule has 5 nitrogen and oxygen atoms in total. The zero-order chi connectivity index (χ0) is 24.2. The third-order valence-corrected chi connectivity index (χ3v) is 7.15. The first kappa shape index (κ1) is 24.1. The number of phenols is 1. The maximum atomic E-state index is 13.7. The second kappa shape index (κ2) is 10.5. The number of amides is 1. The molecule has 0 spiro atoms. The molecular weight excluding hydrogens is 512 g/mol. The molecule has 0 radical (unpaired) electrons. The molecule has 3 aromatic rings. The first-order valence-electron chi connectivity index (χ1n) is 11.0. The zero-order valence-electron chi connectivity index (χ0n) is 19.2. The minimum Gasteiger partial charge on any atom is -0.503 e. The van der Waals surface area contributed by atoms with Gasteiger partial charge in [-0.15, -0.1) is 0 Å². The molecule has 0 aliphatic carbocycles. The van der Waals surface area contributed by atoms with Gasteiger partial charge in [0.1, 0.15) is 0 Å². The molecule has 0 atom stereocenters. The Morgan fingerprint density at radius 2 is 1.74 bits per heavy atom. The molecule has 1 N–H and O–H groups in total. The lowest BCUT2D eigenvalue weighted by molar-refractivity contribution is -0.113. The quantitative estimate of drug-likeness (QED) is 0.341. The van der Waals surface area contributed by atoms with Gasteiger partial charge in [0, 0.05) is 0 Å². The number of aryl methyl sites for hydroxylation is 2. The van der Waals surface area contributed by atoms with Gasteiger partial charge in [0.25, 0.3) is 5.91 Å². The van der Waals surface area contributed by atoms with E-state index >= 15 is 0 Å². The van der Waals surface area contributed by atoms with E-state index in [0.717, 1.165) is 40.9 Å². The fraction of sp³-hybridized carbons (Fsp3) is 0.185. The highest BCUT2D eigenvalue weighted by Gasteiger charge is 2.36. The third kappa shape index (κ3) is 4.76. The highest BCUT2D eigenvalue weighted by Crippen LogP contribution is 2.41. The van der Waals surface area contributed by atoms with Crippen molar-refractivity contribution in [2.45, 2.75) is 26.7 Å². The van der Waals surface area contributed by atoms with Gasteiger partial charge < -0.3 is 9.84 Å². The molecule has 1 aliphatic rings. The number of amidine groups is 1. The number of rotatable bonds is 6. The second-order valence-corrected chi connectivity index (χ2v) is 9.53. The molecule has 4 rings (SSSR count). The Balaban J connectivity index is 1.85. The summed E-state index contributed by atoms with van der Waals surface area (Å²) >= 11 is 4.70. The number of benzene rings is 3. The number of nitrogens with zero attached hydrogens (tertiary/aromatic N) is 2. The number of phenolic OH excluding ortho intramolecular Hbond substituents is 1. The number of ether oxygens (including phenoxy) is 1. The molecule has 1 fully saturated rings. The molecule has 1 saturated heterocycles. The van der Waals surface area contributed by atoms with Crippen molar-refractivity contribution < 1.29 is 14.6 Å². The van der Waals surface area contributed by atoms with Crippen molar-refractivity contribution in [3.05, 3.63) is 86.7 Å². The number of methoxy groups -OCH3 is 1. The van der Waals surface area contributed by atoms with Crippen LogP contribution in [0.2, 0.25) is 0 Å². The summed E-state index contributed by atoms with van der Waals surface area (Å²) in [6, 6.07) is 19.4. The van der Waals surface area contributed by atoms with Crippen LogP contribution in [0.1, 0.15) is 30.5 Å². The number of carbonyl (C=O) groups excluding carboxylic acids is 1. The lowest BCUT2D eigenvalue weighted by Gasteiger charge is -2.19. The molecule has 34 heavy (non-hydrogen) atoms. The van der Waals surface area contributed by atoms with E-state index in [2.05, 4.69) is 35.8 Å². The summed E-state index contributed by atoms with van der Waals surface area (Å²) in [4.78, 5) is 20.9.